The number of allylic oxidation sites excluding steroid dienone is 1. The minimum Gasteiger partial charge on any atom is -0.462 e. The van der Waals surface area contributed by atoms with Gasteiger partial charge in [0, 0.05) is 16.9 Å². The van der Waals surface area contributed by atoms with Crippen molar-refractivity contribution in [3.8, 4) is 6.07 Å². The molecule has 0 saturated heterocycles. The van der Waals surface area contributed by atoms with Crippen LogP contribution in [0.3, 0.4) is 0 Å². The number of fused-ring (bicyclic) bond motifs is 1. The van der Waals surface area contributed by atoms with Crippen LogP contribution >= 0.6 is 11.6 Å². The van der Waals surface area contributed by atoms with E-state index in [1.165, 1.54) is 29.3 Å². The number of halogens is 1. The van der Waals surface area contributed by atoms with Crippen molar-refractivity contribution >= 4 is 38.8 Å². The third-order valence-corrected chi connectivity index (χ3v) is 5.69. The summed E-state index contributed by atoms with van der Waals surface area (Å²) >= 11 is 6.03. The van der Waals surface area contributed by atoms with Crippen LogP contribution in [0.1, 0.15) is 17.3 Å². The highest BCUT2D eigenvalue weighted by molar-refractivity contribution is 7.95. The van der Waals surface area contributed by atoms with E-state index in [9.17, 15) is 18.5 Å². The number of esters is 1. The standard InChI is InChI=1S/C18H13ClN2O4S/c1-2-25-18(22)12-4-3-5-14(8-12)21-11-15(10-20)26(23,24)17-7-6-13(19)9-16(17)21/h3-9,11H,2H2,1H3. The molecule has 0 amide bonds. The smallest absolute Gasteiger partial charge is 0.338 e. The first-order valence-corrected chi connectivity index (χ1v) is 9.47. The van der Waals surface area contributed by atoms with Crippen LogP contribution in [0.2, 0.25) is 5.02 Å². The van der Waals surface area contributed by atoms with Gasteiger partial charge >= 0.3 is 5.97 Å². The van der Waals surface area contributed by atoms with Gasteiger partial charge in [-0.15, -0.1) is 0 Å². The van der Waals surface area contributed by atoms with Gasteiger partial charge in [-0.05, 0) is 43.3 Å². The molecule has 6 nitrogen and oxygen atoms in total. The highest BCUT2D eigenvalue weighted by Gasteiger charge is 2.32. The second-order valence-corrected chi connectivity index (χ2v) is 7.68. The number of anilines is 2. The topological polar surface area (TPSA) is 87.5 Å². The lowest BCUT2D eigenvalue weighted by molar-refractivity contribution is 0.0526. The summed E-state index contributed by atoms with van der Waals surface area (Å²) in [6, 6.07) is 12.5. The number of nitriles is 1. The lowest BCUT2D eigenvalue weighted by Gasteiger charge is -2.28. The average Bonchev–Trinajstić information content (AvgIpc) is 2.62. The number of hydrogen-bond acceptors (Lipinski definition) is 6. The summed E-state index contributed by atoms with van der Waals surface area (Å²) in [6.07, 6.45) is 1.22. The van der Waals surface area contributed by atoms with Crippen LogP contribution in [0.15, 0.2) is 58.5 Å². The van der Waals surface area contributed by atoms with E-state index in [1.54, 1.807) is 37.3 Å². The summed E-state index contributed by atoms with van der Waals surface area (Å²) in [7, 11) is -3.92. The number of nitrogens with zero attached hydrogens (tertiary/aromatic N) is 2. The second-order valence-electron chi connectivity index (χ2n) is 5.36. The molecule has 0 bridgehead atoms. The number of benzene rings is 2. The van der Waals surface area contributed by atoms with Gasteiger partial charge in [-0.25, -0.2) is 13.2 Å². The van der Waals surface area contributed by atoms with Crippen LogP contribution in [0, 0.1) is 11.3 Å². The van der Waals surface area contributed by atoms with Gasteiger partial charge in [-0.3, -0.25) is 0 Å². The fourth-order valence-electron chi connectivity index (χ4n) is 2.58. The Balaban J connectivity index is 2.19. The molecule has 0 aromatic heterocycles. The maximum atomic E-state index is 12.5. The quantitative estimate of drug-likeness (QED) is 0.743. The summed E-state index contributed by atoms with van der Waals surface area (Å²) in [5.74, 6) is -0.491. The summed E-state index contributed by atoms with van der Waals surface area (Å²) in [5, 5.41) is 9.61. The van der Waals surface area contributed by atoms with E-state index in [0.717, 1.165) is 0 Å². The molecule has 0 radical (unpaired) electrons. The molecule has 2 aromatic rings. The minimum atomic E-state index is -3.92. The molecule has 0 spiro atoms. The van der Waals surface area contributed by atoms with Crippen molar-refractivity contribution in [3.05, 3.63) is 64.2 Å². The van der Waals surface area contributed by atoms with E-state index in [4.69, 9.17) is 16.3 Å². The van der Waals surface area contributed by atoms with E-state index in [2.05, 4.69) is 0 Å². The Hall–Kier alpha value is -2.82. The minimum absolute atomic E-state index is 0.0255. The van der Waals surface area contributed by atoms with Gasteiger partial charge < -0.3 is 9.64 Å². The van der Waals surface area contributed by atoms with E-state index in [0.29, 0.717) is 22.0 Å². The van der Waals surface area contributed by atoms with Gasteiger partial charge in [0.25, 0.3) is 0 Å². The Bertz CT molecular complexity index is 1070. The SMILES string of the molecule is CCOC(=O)c1cccc(N2C=C(C#N)S(=O)(=O)c3ccc(Cl)cc32)c1. The summed E-state index contributed by atoms with van der Waals surface area (Å²) in [4.78, 5) is 13.1. The Labute approximate surface area is 155 Å². The Morgan fingerprint density at radius 1 is 1.27 bits per heavy atom. The molecule has 132 valence electrons. The third-order valence-electron chi connectivity index (χ3n) is 3.75. The Morgan fingerprint density at radius 3 is 2.73 bits per heavy atom. The Morgan fingerprint density at radius 2 is 2.04 bits per heavy atom. The van der Waals surface area contributed by atoms with Crippen LogP contribution in [-0.2, 0) is 14.6 Å². The van der Waals surface area contributed by atoms with Crippen molar-refractivity contribution in [2.45, 2.75) is 11.8 Å². The number of carbonyl (C=O) groups is 1. The monoisotopic (exact) mass is 388 g/mol. The van der Waals surface area contributed by atoms with Crippen molar-refractivity contribution in [3.63, 3.8) is 0 Å². The number of sulfone groups is 1. The highest BCUT2D eigenvalue weighted by Crippen LogP contribution is 2.40. The molecule has 0 unspecified atom stereocenters. The molecular weight excluding hydrogens is 376 g/mol. The van der Waals surface area contributed by atoms with Gasteiger partial charge in [0.15, 0.2) is 4.91 Å². The zero-order chi connectivity index (χ0) is 18.9. The predicted molar refractivity (Wildman–Crippen MR) is 96.9 cm³/mol. The van der Waals surface area contributed by atoms with E-state index >= 15 is 0 Å². The lowest BCUT2D eigenvalue weighted by atomic mass is 10.1. The Kier molecular flexibility index (Phi) is 4.72. The van der Waals surface area contributed by atoms with Crippen molar-refractivity contribution < 1.29 is 17.9 Å². The molecule has 26 heavy (non-hydrogen) atoms. The average molecular weight is 389 g/mol. The first kappa shape index (κ1) is 18.0. The largest absolute Gasteiger partial charge is 0.462 e. The third kappa shape index (κ3) is 3.05. The molecule has 0 atom stereocenters. The van der Waals surface area contributed by atoms with Crippen LogP contribution in [-0.4, -0.2) is 21.0 Å². The van der Waals surface area contributed by atoms with Crippen molar-refractivity contribution in [2.75, 3.05) is 11.5 Å². The fourth-order valence-corrected chi connectivity index (χ4v) is 4.03. The molecule has 0 saturated carbocycles. The molecule has 1 aliphatic heterocycles. The maximum Gasteiger partial charge on any atom is 0.338 e. The zero-order valence-electron chi connectivity index (χ0n) is 13.6. The fraction of sp³-hybridized carbons (Fsp3) is 0.111. The normalized spacial score (nSPS) is 14.8. The van der Waals surface area contributed by atoms with Crippen molar-refractivity contribution in [2.24, 2.45) is 0 Å². The molecule has 2 aromatic carbocycles. The van der Waals surface area contributed by atoms with Crippen LogP contribution < -0.4 is 4.90 Å². The first-order chi connectivity index (χ1) is 12.4. The highest BCUT2D eigenvalue weighted by atomic mass is 35.5. The number of carbonyl (C=O) groups excluding carboxylic acids is 1. The van der Waals surface area contributed by atoms with Crippen LogP contribution in [0.5, 0.6) is 0 Å². The van der Waals surface area contributed by atoms with Crippen LogP contribution in [0.25, 0.3) is 0 Å². The molecule has 0 N–H and O–H groups in total. The summed E-state index contributed by atoms with van der Waals surface area (Å²) in [5.41, 5.74) is 1.12. The molecule has 3 rings (SSSR count). The van der Waals surface area contributed by atoms with Crippen LogP contribution in [0.4, 0.5) is 11.4 Å². The van der Waals surface area contributed by atoms with Crippen molar-refractivity contribution in [1.82, 2.24) is 0 Å². The molecule has 1 aliphatic rings. The first-order valence-electron chi connectivity index (χ1n) is 7.61. The molecule has 0 aliphatic carbocycles. The molecular formula is C18H13ClN2O4S. The lowest BCUT2D eigenvalue weighted by Crippen LogP contribution is -2.21. The summed E-state index contributed by atoms with van der Waals surface area (Å²) < 4.78 is 30.1. The van der Waals surface area contributed by atoms with Gasteiger partial charge in [0.05, 0.1) is 22.8 Å². The number of rotatable bonds is 3. The number of ether oxygens (including phenoxy) is 1. The molecule has 1 heterocycles. The summed E-state index contributed by atoms with van der Waals surface area (Å²) in [6.45, 7) is 1.94. The second kappa shape index (κ2) is 6.83. The maximum absolute atomic E-state index is 12.5. The van der Waals surface area contributed by atoms with Gasteiger partial charge in [-0.2, -0.15) is 5.26 Å². The van der Waals surface area contributed by atoms with Gasteiger partial charge in [-0.1, -0.05) is 17.7 Å². The van der Waals surface area contributed by atoms with Gasteiger partial charge in [0.2, 0.25) is 9.84 Å². The number of hydrogen-bond donors (Lipinski definition) is 0. The molecule has 0 fully saturated rings. The predicted octanol–water partition coefficient (Wildman–Crippen LogP) is 3.81. The van der Waals surface area contributed by atoms with E-state index < -0.39 is 20.7 Å². The van der Waals surface area contributed by atoms with E-state index in [1.807, 2.05) is 0 Å². The van der Waals surface area contributed by atoms with E-state index in [-0.39, 0.29) is 11.5 Å². The molecule has 8 heteroatoms. The zero-order valence-corrected chi connectivity index (χ0v) is 15.2. The van der Waals surface area contributed by atoms with Gasteiger partial charge in [0.1, 0.15) is 6.07 Å². The van der Waals surface area contributed by atoms with Crippen molar-refractivity contribution in [1.29, 1.82) is 5.26 Å².